The minimum Gasteiger partial charge on any atom is -0.493 e. The van der Waals surface area contributed by atoms with Crippen LogP contribution in [0.15, 0.2) is 18.2 Å². The van der Waals surface area contributed by atoms with Crippen LogP contribution in [0.4, 0.5) is 5.69 Å². The third-order valence-electron chi connectivity index (χ3n) is 2.82. The highest BCUT2D eigenvalue weighted by Crippen LogP contribution is 2.31. The Morgan fingerprint density at radius 2 is 2.40 bits per heavy atom. The van der Waals surface area contributed by atoms with E-state index in [0.29, 0.717) is 5.92 Å². The summed E-state index contributed by atoms with van der Waals surface area (Å²) < 4.78 is 5.69. The molecule has 0 aliphatic carbocycles. The van der Waals surface area contributed by atoms with Gasteiger partial charge >= 0.3 is 0 Å². The number of nitrogens with two attached hydrogens (primary N) is 1. The molecular formula is C12H18N2O. The van der Waals surface area contributed by atoms with Crippen molar-refractivity contribution in [2.45, 2.75) is 13.3 Å². The van der Waals surface area contributed by atoms with Crippen LogP contribution in [0, 0.1) is 5.92 Å². The number of hydrogen-bond acceptors (Lipinski definition) is 3. The summed E-state index contributed by atoms with van der Waals surface area (Å²) in [6.45, 7) is 4.92. The van der Waals surface area contributed by atoms with Gasteiger partial charge in [-0.25, -0.2) is 0 Å². The fourth-order valence-electron chi connectivity index (χ4n) is 1.97. The highest BCUT2D eigenvalue weighted by molar-refractivity contribution is 5.55. The van der Waals surface area contributed by atoms with Gasteiger partial charge in [0.25, 0.3) is 0 Å². The number of nitrogen functional groups attached to an aromatic ring is 1. The van der Waals surface area contributed by atoms with Crippen LogP contribution in [0.5, 0.6) is 5.75 Å². The Balaban J connectivity index is 2.08. The van der Waals surface area contributed by atoms with Gasteiger partial charge in [0.15, 0.2) is 0 Å². The number of fused-ring (bicyclic) bond motifs is 1. The van der Waals surface area contributed by atoms with Gasteiger partial charge in [-0.1, -0.05) is 13.0 Å². The van der Waals surface area contributed by atoms with E-state index in [1.807, 2.05) is 18.2 Å². The lowest BCUT2D eigenvalue weighted by atomic mass is 9.95. The normalized spacial score (nSPS) is 19.4. The number of benzene rings is 1. The molecule has 1 aliphatic rings. The van der Waals surface area contributed by atoms with Gasteiger partial charge in [0.05, 0.1) is 6.61 Å². The zero-order valence-electron chi connectivity index (χ0n) is 9.12. The van der Waals surface area contributed by atoms with Crippen LogP contribution in [0.3, 0.4) is 0 Å². The third kappa shape index (κ3) is 2.23. The summed E-state index contributed by atoms with van der Waals surface area (Å²) in [6, 6.07) is 5.88. The molecule has 0 amide bonds. The van der Waals surface area contributed by atoms with E-state index in [1.54, 1.807) is 0 Å². The van der Waals surface area contributed by atoms with Gasteiger partial charge in [-0.05, 0) is 25.1 Å². The van der Waals surface area contributed by atoms with E-state index in [-0.39, 0.29) is 0 Å². The summed E-state index contributed by atoms with van der Waals surface area (Å²) in [7, 11) is 0. The average molecular weight is 206 g/mol. The second-order valence-corrected chi connectivity index (χ2v) is 4.01. The first-order valence-corrected chi connectivity index (χ1v) is 5.52. The lowest BCUT2D eigenvalue weighted by Crippen LogP contribution is -2.31. The molecule has 0 saturated carbocycles. The summed E-state index contributed by atoms with van der Waals surface area (Å²) in [4.78, 5) is 0. The van der Waals surface area contributed by atoms with Crippen LogP contribution in [-0.4, -0.2) is 19.7 Å². The Morgan fingerprint density at radius 3 is 3.20 bits per heavy atom. The topological polar surface area (TPSA) is 47.3 Å². The summed E-state index contributed by atoms with van der Waals surface area (Å²) in [5, 5.41) is 3.35. The molecule has 2 rings (SSSR count). The highest BCUT2D eigenvalue weighted by Gasteiger charge is 2.20. The molecule has 0 bridgehead atoms. The lowest BCUT2D eigenvalue weighted by Gasteiger charge is -2.26. The van der Waals surface area contributed by atoms with Gasteiger partial charge < -0.3 is 15.8 Å². The van der Waals surface area contributed by atoms with E-state index in [1.165, 1.54) is 5.56 Å². The molecule has 15 heavy (non-hydrogen) atoms. The SMILES string of the molecule is CCNCC1COc2cccc(N)c2C1. The predicted molar refractivity (Wildman–Crippen MR) is 62.1 cm³/mol. The van der Waals surface area contributed by atoms with E-state index >= 15 is 0 Å². The van der Waals surface area contributed by atoms with Gasteiger partial charge in [-0.2, -0.15) is 0 Å². The van der Waals surface area contributed by atoms with Gasteiger partial charge in [-0.15, -0.1) is 0 Å². The second-order valence-electron chi connectivity index (χ2n) is 4.01. The van der Waals surface area contributed by atoms with Gasteiger partial charge in [0.2, 0.25) is 0 Å². The molecule has 3 heteroatoms. The Labute approximate surface area is 90.6 Å². The van der Waals surface area contributed by atoms with Gasteiger partial charge in [0.1, 0.15) is 5.75 Å². The molecule has 3 nitrogen and oxygen atoms in total. The van der Waals surface area contributed by atoms with Crippen molar-refractivity contribution in [3.63, 3.8) is 0 Å². The molecule has 1 aliphatic heterocycles. The first kappa shape index (κ1) is 10.3. The molecule has 0 aromatic heterocycles. The van der Waals surface area contributed by atoms with Crippen LogP contribution in [0.2, 0.25) is 0 Å². The maximum absolute atomic E-state index is 5.93. The van der Waals surface area contributed by atoms with E-state index in [0.717, 1.165) is 37.6 Å². The van der Waals surface area contributed by atoms with Crippen molar-refractivity contribution in [3.8, 4) is 5.75 Å². The molecule has 1 aromatic rings. The Morgan fingerprint density at radius 1 is 1.53 bits per heavy atom. The molecular weight excluding hydrogens is 188 g/mol. The van der Waals surface area contributed by atoms with Crippen LogP contribution in [0.25, 0.3) is 0 Å². The molecule has 1 atom stereocenters. The highest BCUT2D eigenvalue weighted by atomic mass is 16.5. The van der Waals surface area contributed by atoms with Crippen molar-refractivity contribution < 1.29 is 4.74 Å². The predicted octanol–water partition coefficient (Wildman–Crippen LogP) is 1.43. The quantitative estimate of drug-likeness (QED) is 0.735. The van der Waals surface area contributed by atoms with Crippen LogP contribution < -0.4 is 15.8 Å². The Kier molecular flexibility index (Phi) is 3.11. The molecule has 0 radical (unpaired) electrons. The summed E-state index contributed by atoms with van der Waals surface area (Å²) >= 11 is 0. The first-order chi connectivity index (χ1) is 7.31. The number of anilines is 1. The number of rotatable bonds is 3. The smallest absolute Gasteiger partial charge is 0.124 e. The summed E-state index contributed by atoms with van der Waals surface area (Å²) in [6.07, 6.45) is 1.02. The number of nitrogens with one attached hydrogen (secondary N) is 1. The second kappa shape index (κ2) is 4.53. The van der Waals surface area contributed by atoms with Crippen molar-refractivity contribution in [3.05, 3.63) is 23.8 Å². The largest absolute Gasteiger partial charge is 0.493 e. The molecule has 0 fully saturated rings. The van der Waals surface area contributed by atoms with E-state index in [9.17, 15) is 0 Å². The van der Waals surface area contributed by atoms with E-state index < -0.39 is 0 Å². The maximum atomic E-state index is 5.93. The fraction of sp³-hybridized carbons (Fsp3) is 0.500. The molecule has 1 unspecified atom stereocenters. The average Bonchev–Trinajstić information content (AvgIpc) is 2.27. The van der Waals surface area contributed by atoms with E-state index in [2.05, 4.69) is 12.2 Å². The molecule has 0 spiro atoms. The standard InChI is InChI=1S/C12H18N2O/c1-2-14-7-9-6-10-11(13)4-3-5-12(10)15-8-9/h3-5,9,14H,2,6-8,13H2,1H3. The van der Waals surface area contributed by atoms with Gasteiger partial charge in [-0.3, -0.25) is 0 Å². The molecule has 0 saturated heterocycles. The van der Waals surface area contributed by atoms with Crippen molar-refractivity contribution >= 4 is 5.69 Å². The van der Waals surface area contributed by atoms with Crippen molar-refractivity contribution in [2.75, 3.05) is 25.4 Å². The van der Waals surface area contributed by atoms with E-state index in [4.69, 9.17) is 10.5 Å². The van der Waals surface area contributed by atoms with Crippen LogP contribution in [0.1, 0.15) is 12.5 Å². The fourth-order valence-corrected chi connectivity index (χ4v) is 1.97. The zero-order chi connectivity index (χ0) is 10.7. The molecule has 1 heterocycles. The monoisotopic (exact) mass is 206 g/mol. The third-order valence-corrected chi connectivity index (χ3v) is 2.82. The van der Waals surface area contributed by atoms with Crippen molar-refractivity contribution in [1.29, 1.82) is 0 Å². The maximum Gasteiger partial charge on any atom is 0.124 e. The van der Waals surface area contributed by atoms with Crippen molar-refractivity contribution in [2.24, 2.45) is 5.92 Å². The van der Waals surface area contributed by atoms with Crippen LogP contribution >= 0.6 is 0 Å². The Hall–Kier alpha value is -1.22. The summed E-state index contributed by atoms with van der Waals surface area (Å²) in [5.41, 5.74) is 7.96. The number of ether oxygens (including phenoxy) is 1. The van der Waals surface area contributed by atoms with Crippen LogP contribution in [-0.2, 0) is 6.42 Å². The molecule has 3 N–H and O–H groups in total. The molecule has 1 aromatic carbocycles. The number of hydrogen-bond donors (Lipinski definition) is 2. The minimum atomic E-state index is 0.544. The lowest BCUT2D eigenvalue weighted by molar-refractivity contribution is 0.219. The van der Waals surface area contributed by atoms with Crippen molar-refractivity contribution in [1.82, 2.24) is 5.32 Å². The first-order valence-electron chi connectivity index (χ1n) is 5.52. The summed E-state index contributed by atoms with van der Waals surface area (Å²) in [5.74, 6) is 1.50. The minimum absolute atomic E-state index is 0.544. The molecule has 82 valence electrons. The zero-order valence-corrected chi connectivity index (χ0v) is 9.12. The van der Waals surface area contributed by atoms with Gasteiger partial charge in [0, 0.05) is 23.7 Å². The Bertz CT molecular complexity index is 338.